The molecule has 0 aliphatic heterocycles. The van der Waals surface area contributed by atoms with Crippen LogP contribution in [0.1, 0.15) is 0 Å². The Hall–Kier alpha value is -2.90. The molecule has 124 valence electrons. The minimum atomic E-state index is 0.567. The summed E-state index contributed by atoms with van der Waals surface area (Å²) in [4.78, 5) is 8.55. The lowest BCUT2D eigenvalue weighted by Crippen LogP contribution is -1.86. The van der Waals surface area contributed by atoms with Crippen molar-refractivity contribution in [3.8, 4) is 34.0 Å². The number of thiazole rings is 2. The van der Waals surface area contributed by atoms with Gasteiger partial charge in [-0.25, -0.2) is 9.97 Å². The number of nitrogen functional groups attached to an aromatic ring is 2. The number of benzene rings is 2. The van der Waals surface area contributed by atoms with E-state index in [2.05, 4.69) is 9.97 Å². The number of hydrogen-bond acceptors (Lipinski definition) is 7. The molecule has 0 amide bonds. The predicted molar refractivity (Wildman–Crippen MR) is 104 cm³/mol. The van der Waals surface area contributed by atoms with Crippen LogP contribution in [0.25, 0.3) is 22.5 Å². The summed E-state index contributed by atoms with van der Waals surface area (Å²) in [5.41, 5.74) is 15.1. The van der Waals surface area contributed by atoms with E-state index >= 15 is 0 Å². The van der Waals surface area contributed by atoms with Crippen molar-refractivity contribution in [3.63, 3.8) is 0 Å². The Labute approximate surface area is 152 Å². The highest BCUT2D eigenvalue weighted by atomic mass is 32.1. The molecule has 2 aromatic carbocycles. The number of anilines is 2. The van der Waals surface area contributed by atoms with Gasteiger partial charge in [0.15, 0.2) is 10.3 Å². The Morgan fingerprint density at radius 1 is 0.640 bits per heavy atom. The summed E-state index contributed by atoms with van der Waals surface area (Å²) >= 11 is 2.86. The molecule has 0 unspecified atom stereocenters. The number of nitrogens with zero attached hydrogens (tertiary/aromatic N) is 2. The van der Waals surface area contributed by atoms with E-state index in [-0.39, 0.29) is 0 Å². The van der Waals surface area contributed by atoms with Gasteiger partial charge in [-0.2, -0.15) is 0 Å². The van der Waals surface area contributed by atoms with Gasteiger partial charge in [-0.05, 0) is 48.5 Å². The lowest BCUT2D eigenvalue weighted by atomic mass is 10.1. The van der Waals surface area contributed by atoms with E-state index in [1.165, 1.54) is 22.7 Å². The predicted octanol–water partition coefficient (Wildman–Crippen LogP) is 4.89. The molecular weight excluding hydrogens is 352 g/mol. The normalized spacial score (nSPS) is 10.7. The first-order valence-electron chi connectivity index (χ1n) is 7.48. The van der Waals surface area contributed by atoms with Gasteiger partial charge in [0.1, 0.15) is 11.5 Å². The summed E-state index contributed by atoms with van der Waals surface area (Å²) in [6, 6.07) is 15.5. The maximum absolute atomic E-state index is 5.89. The topological polar surface area (TPSA) is 87.0 Å². The maximum atomic E-state index is 5.89. The molecule has 5 nitrogen and oxygen atoms in total. The SMILES string of the molecule is Nc1nc(-c2ccc(Oc3ccc(-c4csc(N)n4)cc3)cc2)cs1. The summed E-state index contributed by atoms with van der Waals surface area (Å²) in [6.45, 7) is 0. The Balaban J connectivity index is 1.48. The summed E-state index contributed by atoms with van der Waals surface area (Å²) in [5, 5.41) is 5.01. The molecule has 0 fully saturated rings. The Morgan fingerprint density at radius 3 is 1.36 bits per heavy atom. The van der Waals surface area contributed by atoms with Crippen molar-refractivity contribution in [2.75, 3.05) is 11.5 Å². The zero-order valence-corrected chi connectivity index (χ0v) is 14.7. The minimum Gasteiger partial charge on any atom is -0.457 e. The fourth-order valence-corrected chi connectivity index (χ4v) is 3.51. The molecule has 4 aromatic rings. The smallest absolute Gasteiger partial charge is 0.180 e. The van der Waals surface area contributed by atoms with Gasteiger partial charge in [0.25, 0.3) is 0 Å². The largest absolute Gasteiger partial charge is 0.457 e. The van der Waals surface area contributed by atoms with Crippen molar-refractivity contribution in [2.45, 2.75) is 0 Å². The van der Waals surface area contributed by atoms with Crippen LogP contribution in [0.5, 0.6) is 11.5 Å². The van der Waals surface area contributed by atoms with Crippen LogP contribution in [0.4, 0.5) is 10.3 Å². The van der Waals surface area contributed by atoms with Crippen molar-refractivity contribution in [1.29, 1.82) is 0 Å². The minimum absolute atomic E-state index is 0.567. The van der Waals surface area contributed by atoms with Gasteiger partial charge >= 0.3 is 0 Å². The van der Waals surface area contributed by atoms with E-state index in [1.54, 1.807) is 0 Å². The van der Waals surface area contributed by atoms with E-state index in [1.807, 2.05) is 59.3 Å². The standard InChI is InChI=1S/C18H14N4OS2/c19-17-21-15(9-24-17)11-1-5-13(6-2-11)23-14-7-3-12(4-8-14)16-10-25-18(20)22-16/h1-10H,(H2,19,21)(H2,20,22). The third kappa shape index (κ3) is 3.47. The van der Waals surface area contributed by atoms with Gasteiger partial charge in [-0.1, -0.05) is 0 Å². The molecule has 7 heteroatoms. The molecule has 4 N–H and O–H groups in total. The zero-order valence-electron chi connectivity index (χ0n) is 13.0. The van der Waals surface area contributed by atoms with Crippen molar-refractivity contribution in [1.82, 2.24) is 9.97 Å². The lowest BCUT2D eigenvalue weighted by molar-refractivity contribution is 0.483. The monoisotopic (exact) mass is 366 g/mol. The first-order chi connectivity index (χ1) is 12.2. The number of rotatable bonds is 4. The van der Waals surface area contributed by atoms with E-state index in [0.717, 1.165) is 34.0 Å². The lowest BCUT2D eigenvalue weighted by Gasteiger charge is -2.07. The quantitative estimate of drug-likeness (QED) is 0.537. The second-order valence-corrected chi connectivity index (χ2v) is 7.07. The third-order valence-corrected chi connectivity index (χ3v) is 4.93. The molecule has 0 spiro atoms. The van der Waals surface area contributed by atoms with E-state index < -0.39 is 0 Å². The van der Waals surface area contributed by atoms with Crippen LogP contribution in [0.3, 0.4) is 0 Å². The second kappa shape index (κ2) is 6.54. The number of aromatic nitrogens is 2. The van der Waals surface area contributed by atoms with Crippen LogP contribution >= 0.6 is 22.7 Å². The molecular formula is C18H14N4OS2. The van der Waals surface area contributed by atoms with Crippen molar-refractivity contribution in [2.24, 2.45) is 0 Å². The highest BCUT2D eigenvalue weighted by molar-refractivity contribution is 7.14. The van der Waals surface area contributed by atoms with Gasteiger partial charge in [0.2, 0.25) is 0 Å². The fraction of sp³-hybridized carbons (Fsp3) is 0. The third-order valence-electron chi connectivity index (χ3n) is 3.58. The summed E-state index contributed by atoms with van der Waals surface area (Å²) in [6.07, 6.45) is 0. The maximum Gasteiger partial charge on any atom is 0.180 e. The van der Waals surface area contributed by atoms with Crippen LogP contribution in [0, 0.1) is 0 Å². The van der Waals surface area contributed by atoms with Crippen LogP contribution in [0.2, 0.25) is 0 Å². The second-order valence-electron chi connectivity index (χ2n) is 5.29. The van der Waals surface area contributed by atoms with Gasteiger partial charge < -0.3 is 16.2 Å². The first-order valence-corrected chi connectivity index (χ1v) is 9.24. The molecule has 0 saturated heterocycles. The van der Waals surface area contributed by atoms with Crippen LogP contribution in [0.15, 0.2) is 59.3 Å². The van der Waals surface area contributed by atoms with Gasteiger partial charge in [0, 0.05) is 21.9 Å². The summed E-state index contributed by atoms with van der Waals surface area (Å²) in [5.74, 6) is 1.52. The highest BCUT2D eigenvalue weighted by Gasteiger charge is 2.05. The molecule has 0 radical (unpaired) electrons. The van der Waals surface area contributed by atoms with Gasteiger partial charge in [-0.3, -0.25) is 0 Å². The summed E-state index contributed by atoms with van der Waals surface area (Å²) < 4.78 is 5.89. The van der Waals surface area contributed by atoms with Crippen molar-refractivity contribution < 1.29 is 4.74 Å². The Morgan fingerprint density at radius 2 is 1.04 bits per heavy atom. The number of ether oxygens (including phenoxy) is 1. The Bertz CT molecular complexity index is 909. The van der Waals surface area contributed by atoms with E-state index in [0.29, 0.717) is 10.3 Å². The molecule has 0 aliphatic rings. The molecule has 0 aliphatic carbocycles. The molecule has 2 aromatic heterocycles. The van der Waals surface area contributed by atoms with Gasteiger partial charge in [-0.15, -0.1) is 22.7 Å². The van der Waals surface area contributed by atoms with E-state index in [9.17, 15) is 0 Å². The highest BCUT2D eigenvalue weighted by Crippen LogP contribution is 2.29. The van der Waals surface area contributed by atoms with Crippen LogP contribution in [-0.4, -0.2) is 9.97 Å². The molecule has 4 rings (SSSR count). The average Bonchev–Trinajstić information content (AvgIpc) is 3.25. The number of nitrogens with two attached hydrogens (primary N) is 2. The van der Waals surface area contributed by atoms with Crippen molar-refractivity contribution >= 4 is 32.9 Å². The van der Waals surface area contributed by atoms with Gasteiger partial charge in [0.05, 0.1) is 11.4 Å². The fourth-order valence-electron chi connectivity index (χ4n) is 2.36. The zero-order chi connectivity index (χ0) is 17.2. The van der Waals surface area contributed by atoms with Crippen molar-refractivity contribution in [3.05, 3.63) is 59.3 Å². The molecule has 0 atom stereocenters. The van der Waals surface area contributed by atoms with E-state index in [4.69, 9.17) is 16.2 Å². The number of hydrogen-bond donors (Lipinski definition) is 2. The molecule has 25 heavy (non-hydrogen) atoms. The summed E-state index contributed by atoms with van der Waals surface area (Å²) in [7, 11) is 0. The Kier molecular flexibility index (Phi) is 4.09. The first kappa shape index (κ1) is 15.6. The molecule has 0 saturated carbocycles. The van der Waals surface area contributed by atoms with Crippen LogP contribution in [-0.2, 0) is 0 Å². The average molecular weight is 366 g/mol. The molecule has 0 bridgehead atoms. The molecule has 2 heterocycles. The van der Waals surface area contributed by atoms with Crippen LogP contribution < -0.4 is 16.2 Å².